The van der Waals surface area contributed by atoms with Crippen molar-refractivity contribution in [2.75, 3.05) is 6.54 Å². The maximum absolute atomic E-state index is 5.10. The van der Waals surface area contributed by atoms with Gasteiger partial charge >= 0.3 is 0 Å². The van der Waals surface area contributed by atoms with Crippen LogP contribution in [0.3, 0.4) is 0 Å². The highest BCUT2D eigenvalue weighted by molar-refractivity contribution is 7.80. The second kappa shape index (κ2) is 10.8. The molecule has 0 fully saturated rings. The number of allylic oxidation sites excluding steroid dienone is 5. The molecule has 0 radical (unpaired) electrons. The third-order valence-corrected chi connectivity index (χ3v) is 4.52. The number of benzene rings is 1. The zero-order valence-corrected chi connectivity index (χ0v) is 17.5. The highest BCUT2D eigenvalue weighted by Gasteiger charge is 1.99. The van der Waals surface area contributed by atoms with Gasteiger partial charge in [0.25, 0.3) is 0 Å². The van der Waals surface area contributed by atoms with Gasteiger partial charge in [-0.2, -0.15) is 0 Å². The van der Waals surface area contributed by atoms with E-state index in [1.165, 1.54) is 0 Å². The van der Waals surface area contributed by atoms with Gasteiger partial charge < -0.3 is 5.32 Å². The number of isothiocyanates is 1. The molecule has 0 aromatic heterocycles. The van der Waals surface area contributed by atoms with E-state index in [0.717, 1.165) is 64.0 Å². The highest BCUT2D eigenvalue weighted by Crippen LogP contribution is 2.24. The van der Waals surface area contributed by atoms with Crippen LogP contribution in [0.5, 0.6) is 0 Å². The van der Waals surface area contributed by atoms with Gasteiger partial charge in [0, 0.05) is 0 Å². The molecule has 140 valence electrons. The molecular formula is C23H24N2S2-2. The van der Waals surface area contributed by atoms with Crippen LogP contribution in [0.2, 0.25) is 0 Å². The Morgan fingerprint density at radius 2 is 2.11 bits per heavy atom. The molecule has 0 amide bonds. The number of aliphatic imine (C=N–C) groups is 1. The maximum Gasteiger partial charge on any atom is 0.0538 e. The minimum Gasteiger partial charge on any atom is -0.684 e. The van der Waals surface area contributed by atoms with E-state index in [2.05, 4.69) is 59.4 Å². The summed E-state index contributed by atoms with van der Waals surface area (Å²) in [4.78, 5) is 5.08. The Morgan fingerprint density at radius 1 is 1.30 bits per heavy atom. The third-order valence-electron chi connectivity index (χ3n) is 4.23. The van der Waals surface area contributed by atoms with Crippen LogP contribution in [-0.4, -0.2) is 16.6 Å². The summed E-state index contributed by atoms with van der Waals surface area (Å²) < 4.78 is 0. The SMILES string of the molecule is C=c1cc([N-]CCCCC(C)=S)ccc1=CC=C1C=CC(N=C=S)=C[C-]1C. The molecule has 1 aromatic carbocycles. The molecule has 0 bridgehead atoms. The van der Waals surface area contributed by atoms with Crippen LogP contribution in [0.4, 0.5) is 5.69 Å². The summed E-state index contributed by atoms with van der Waals surface area (Å²) in [6.45, 7) is 9.04. The second-order valence-corrected chi connectivity index (χ2v) is 7.38. The smallest absolute Gasteiger partial charge is 0.0538 e. The minimum atomic E-state index is 0.823. The number of hydrogen-bond donors (Lipinski definition) is 0. The van der Waals surface area contributed by atoms with Crippen LogP contribution < -0.4 is 10.4 Å². The summed E-state index contributed by atoms with van der Waals surface area (Å²) in [6.07, 6.45) is 13.3. The van der Waals surface area contributed by atoms with Gasteiger partial charge in [0.2, 0.25) is 0 Å². The molecule has 0 atom stereocenters. The Morgan fingerprint density at radius 3 is 2.78 bits per heavy atom. The molecule has 1 aromatic rings. The van der Waals surface area contributed by atoms with Crippen LogP contribution >= 0.6 is 24.4 Å². The predicted molar refractivity (Wildman–Crippen MR) is 125 cm³/mol. The lowest BCUT2D eigenvalue weighted by atomic mass is 9.94. The molecule has 2 nitrogen and oxygen atoms in total. The Bertz CT molecular complexity index is 932. The molecule has 0 saturated carbocycles. The molecule has 0 unspecified atom stereocenters. The van der Waals surface area contributed by atoms with Crippen molar-refractivity contribution in [3.8, 4) is 0 Å². The zero-order chi connectivity index (χ0) is 19.6. The Labute approximate surface area is 172 Å². The van der Waals surface area contributed by atoms with Crippen LogP contribution in [0.25, 0.3) is 18.0 Å². The Balaban J connectivity index is 2.01. The van der Waals surface area contributed by atoms with Gasteiger partial charge in [0.15, 0.2) is 0 Å². The van der Waals surface area contributed by atoms with Crippen LogP contribution in [0.1, 0.15) is 33.1 Å². The largest absolute Gasteiger partial charge is 0.684 e. The summed E-state index contributed by atoms with van der Waals surface area (Å²) in [5.41, 5.74) is 2.94. The van der Waals surface area contributed by atoms with E-state index in [1.807, 2.05) is 37.3 Å². The Kier molecular flexibility index (Phi) is 8.41. The Hall–Kier alpha value is -2.26. The summed E-state index contributed by atoms with van der Waals surface area (Å²) in [7, 11) is 0. The van der Waals surface area contributed by atoms with Gasteiger partial charge in [-0.15, -0.1) is 48.0 Å². The lowest BCUT2D eigenvalue weighted by Crippen LogP contribution is -2.21. The molecule has 0 spiro atoms. The van der Waals surface area contributed by atoms with Gasteiger partial charge in [-0.3, -0.25) is 0 Å². The first-order chi connectivity index (χ1) is 13.0. The number of thiocarbonyl (C=S) groups is 2. The van der Waals surface area contributed by atoms with Gasteiger partial charge in [-0.1, -0.05) is 62.8 Å². The molecular weight excluding hydrogens is 368 g/mol. The summed E-state index contributed by atoms with van der Waals surface area (Å²) in [5, 5.41) is 9.09. The van der Waals surface area contributed by atoms with E-state index >= 15 is 0 Å². The molecule has 1 aliphatic rings. The van der Waals surface area contributed by atoms with Crippen LogP contribution in [0.15, 0.2) is 58.8 Å². The fourth-order valence-corrected chi connectivity index (χ4v) is 2.95. The van der Waals surface area contributed by atoms with Crippen molar-refractivity contribution < 1.29 is 0 Å². The average Bonchev–Trinajstić information content (AvgIpc) is 2.62. The molecule has 27 heavy (non-hydrogen) atoms. The third kappa shape index (κ3) is 7.10. The first-order valence-corrected chi connectivity index (χ1v) is 9.81. The standard InChI is InChI=1S/C23H24N2S2/c1-17-14-22(24-13-5-4-6-19(3)27)11-9-20(17)7-8-21-10-12-23(25-16-26)15-18(21)2/h7-12,14-15H,1,4-6,13H2,2-3H3/q-2. The maximum atomic E-state index is 5.10. The van der Waals surface area contributed by atoms with Crippen molar-refractivity contribution in [2.24, 2.45) is 4.99 Å². The molecule has 0 heterocycles. The first-order valence-electron chi connectivity index (χ1n) is 8.99. The topological polar surface area (TPSA) is 26.5 Å². The lowest BCUT2D eigenvalue weighted by molar-refractivity contribution is 0.811. The fourth-order valence-electron chi connectivity index (χ4n) is 2.70. The summed E-state index contributed by atoms with van der Waals surface area (Å²) >= 11 is 9.75. The number of nitrogens with zero attached hydrogens (tertiary/aromatic N) is 2. The predicted octanol–water partition coefficient (Wildman–Crippen LogP) is 5.52. The van der Waals surface area contributed by atoms with Crippen molar-refractivity contribution in [2.45, 2.75) is 33.1 Å². The minimum absolute atomic E-state index is 0.823. The van der Waals surface area contributed by atoms with E-state index in [-0.39, 0.29) is 0 Å². The van der Waals surface area contributed by atoms with Crippen LogP contribution in [0, 0.1) is 5.92 Å². The van der Waals surface area contributed by atoms with E-state index in [0.29, 0.717) is 0 Å². The number of rotatable bonds is 8. The van der Waals surface area contributed by atoms with Gasteiger partial charge in [0.1, 0.15) is 0 Å². The number of unbranched alkanes of at least 4 members (excludes halogenated alkanes) is 1. The van der Waals surface area contributed by atoms with Crippen molar-refractivity contribution in [1.29, 1.82) is 0 Å². The van der Waals surface area contributed by atoms with Crippen molar-refractivity contribution in [1.82, 2.24) is 0 Å². The van der Waals surface area contributed by atoms with Crippen LogP contribution in [-0.2, 0) is 0 Å². The van der Waals surface area contributed by atoms with Crippen molar-refractivity contribution >= 4 is 52.8 Å². The quantitative estimate of drug-likeness (QED) is 0.252. The molecule has 1 aliphatic carbocycles. The molecule has 4 heteroatoms. The van der Waals surface area contributed by atoms with E-state index in [9.17, 15) is 0 Å². The molecule has 0 saturated heterocycles. The second-order valence-electron chi connectivity index (χ2n) is 6.50. The first kappa shape index (κ1) is 21.0. The lowest BCUT2D eigenvalue weighted by Gasteiger charge is -2.22. The van der Waals surface area contributed by atoms with Crippen molar-refractivity contribution in [3.63, 3.8) is 0 Å². The van der Waals surface area contributed by atoms with E-state index < -0.39 is 0 Å². The van der Waals surface area contributed by atoms with Gasteiger partial charge in [0.05, 0.1) is 5.16 Å². The molecule has 0 aliphatic heterocycles. The van der Waals surface area contributed by atoms with Gasteiger partial charge in [-0.05, 0) is 46.6 Å². The normalized spacial score (nSPS) is 15.5. The summed E-state index contributed by atoms with van der Waals surface area (Å²) in [5.74, 6) is 1.14. The summed E-state index contributed by atoms with van der Waals surface area (Å²) in [6, 6.07) is 6.15. The van der Waals surface area contributed by atoms with Gasteiger partial charge in [-0.25, -0.2) is 4.99 Å². The number of hydrogen-bond acceptors (Lipinski definition) is 3. The fraction of sp³-hybridized carbons (Fsp3) is 0.261. The van der Waals surface area contributed by atoms with E-state index in [4.69, 9.17) is 12.2 Å². The van der Waals surface area contributed by atoms with E-state index in [1.54, 1.807) is 0 Å². The molecule has 2 rings (SSSR count). The zero-order valence-electron chi connectivity index (χ0n) is 15.9. The monoisotopic (exact) mass is 392 g/mol. The molecule has 0 N–H and O–H groups in total. The van der Waals surface area contributed by atoms with Crippen molar-refractivity contribution in [3.05, 3.63) is 75.4 Å². The highest BCUT2D eigenvalue weighted by atomic mass is 32.1. The average molecular weight is 393 g/mol.